The van der Waals surface area contributed by atoms with Crippen molar-refractivity contribution in [3.05, 3.63) is 106 Å². The van der Waals surface area contributed by atoms with Crippen molar-refractivity contribution in [1.82, 2.24) is 9.78 Å². The number of ketones is 1. The van der Waals surface area contributed by atoms with Crippen LogP contribution in [0.2, 0.25) is 0 Å². The number of aromatic hydroxyl groups is 1. The molecule has 2 aromatic carbocycles. The lowest BCUT2D eigenvalue weighted by atomic mass is 10.0. The van der Waals surface area contributed by atoms with Crippen LogP contribution < -0.4 is 5.63 Å². The van der Waals surface area contributed by atoms with Gasteiger partial charge in [0, 0.05) is 23.4 Å². The molecule has 1 N–H and O–H groups in total. The number of nitrogens with zero attached hydrogens (tertiary/aromatic N) is 2. The molecule has 0 aliphatic rings. The number of carbonyl (C=O) groups excluding carboxylic acids is 1. The van der Waals surface area contributed by atoms with Crippen LogP contribution in [-0.2, 0) is 0 Å². The van der Waals surface area contributed by atoms with Crippen LogP contribution in [0.5, 0.6) is 5.75 Å². The number of para-hydroxylation sites is 1. The molecule has 0 saturated heterocycles. The van der Waals surface area contributed by atoms with Gasteiger partial charge in [0.15, 0.2) is 5.78 Å². The van der Waals surface area contributed by atoms with E-state index in [1.807, 2.05) is 67.7 Å². The van der Waals surface area contributed by atoms with Crippen molar-refractivity contribution in [2.24, 2.45) is 0 Å². The van der Waals surface area contributed by atoms with Crippen molar-refractivity contribution in [2.45, 2.75) is 13.8 Å². The van der Waals surface area contributed by atoms with Crippen LogP contribution >= 0.6 is 0 Å². The van der Waals surface area contributed by atoms with Gasteiger partial charge in [-0.2, -0.15) is 5.10 Å². The zero-order chi connectivity index (χ0) is 22.0. The predicted molar refractivity (Wildman–Crippen MR) is 118 cm³/mol. The molecule has 2 heterocycles. The second-order valence-corrected chi connectivity index (χ2v) is 7.18. The first-order chi connectivity index (χ1) is 14.9. The lowest BCUT2D eigenvalue weighted by molar-refractivity contribution is 0.104. The van der Waals surface area contributed by atoms with E-state index in [2.05, 4.69) is 0 Å². The van der Waals surface area contributed by atoms with Crippen molar-refractivity contribution in [1.29, 1.82) is 0 Å². The molecule has 0 bridgehead atoms. The summed E-state index contributed by atoms with van der Waals surface area (Å²) in [5.74, 6) is -0.815. The summed E-state index contributed by atoms with van der Waals surface area (Å²) in [5, 5.41) is 14.7. The summed E-state index contributed by atoms with van der Waals surface area (Å²) >= 11 is 0. The van der Waals surface area contributed by atoms with Crippen molar-refractivity contribution < 1.29 is 14.3 Å². The summed E-state index contributed by atoms with van der Waals surface area (Å²) < 4.78 is 6.68. The third-order valence-electron chi connectivity index (χ3n) is 4.77. The van der Waals surface area contributed by atoms with Crippen LogP contribution in [0.15, 0.2) is 82.1 Å². The Morgan fingerprint density at radius 3 is 2.55 bits per heavy atom. The molecule has 0 amide bonds. The van der Waals surface area contributed by atoms with Gasteiger partial charge in [-0.05, 0) is 44.2 Å². The van der Waals surface area contributed by atoms with E-state index in [-0.39, 0.29) is 5.76 Å². The minimum atomic E-state index is -0.869. The SMILES string of the molecule is Cc1cccc(-c2nn(-c3ccccc3)cc2/C=C/C(=O)c2c(O)cc(C)oc2=O)c1. The van der Waals surface area contributed by atoms with E-state index in [0.717, 1.165) is 16.8 Å². The Labute approximate surface area is 178 Å². The van der Waals surface area contributed by atoms with E-state index >= 15 is 0 Å². The fraction of sp³-hybridized carbons (Fsp3) is 0.0800. The van der Waals surface area contributed by atoms with Gasteiger partial charge in [0.05, 0.1) is 11.4 Å². The number of aryl methyl sites for hydroxylation is 2. The van der Waals surface area contributed by atoms with Crippen LogP contribution in [0.25, 0.3) is 23.0 Å². The molecular weight excluding hydrogens is 392 g/mol. The molecule has 31 heavy (non-hydrogen) atoms. The molecule has 6 nitrogen and oxygen atoms in total. The van der Waals surface area contributed by atoms with Crippen LogP contribution in [0, 0.1) is 13.8 Å². The summed E-state index contributed by atoms with van der Waals surface area (Å²) in [7, 11) is 0. The zero-order valence-electron chi connectivity index (χ0n) is 17.1. The Morgan fingerprint density at radius 2 is 1.84 bits per heavy atom. The number of carbonyl (C=O) groups is 1. The van der Waals surface area contributed by atoms with Crippen molar-refractivity contribution in [3.63, 3.8) is 0 Å². The van der Waals surface area contributed by atoms with E-state index in [1.165, 1.54) is 19.1 Å². The number of benzene rings is 2. The Morgan fingerprint density at radius 1 is 1.06 bits per heavy atom. The molecule has 154 valence electrons. The van der Waals surface area contributed by atoms with Gasteiger partial charge >= 0.3 is 5.63 Å². The predicted octanol–water partition coefficient (Wildman–Crippen LogP) is 4.71. The molecule has 0 fully saturated rings. The fourth-order valence-electron chi connectivity index (χ4n) is 3.31. The molecule has 0 atom stereocenters. The highest BCUT2D eigenvalue weighted by molar-refractivity contribution is 6.08. The molecule has 0 aliphatic heterocycles. The molecule has 0 unspecified atom stereocenters. The summed E-state index contributed by atoms with van der Waals surface area (Å²) in [4.78, 5) is 24.6. The summed E-state index contributed by atoms with van der Waals surface area (Å²) in [5.41, 5.74) is 2.98. The van der Waals surface area contributed by atoms with Gasteiger partial charge in [-0.3, -0.25) is 4.79 Å². The van der Waals surface area contributed by atoms with Crippen LogP contribution in [0.4, 0.5) is 0 Å². The maximum absolute atomic E-state index is 12.6. The number of hydrogen-bond acceptors (Lipinski definition) is 5. The van der Waals surface area contributed by atoms with Crippen molar-refractivity contribution in [2.75, 3.05) is 0 Å². The number of aromatic nitrogens is 2. The fourth-order valence-corrected chi connectivity index (χ4v) is 3.31. The molecule has 4 aromatic rings. The number of rotatable bonds is 5. The highest BCUT2D eigenvalue weighted by Crippen LogP contribution is 2.26. The topological polar surface area (TPSA) is 85.3 Å². The maximum atomic E-state index is 12.6. The Bertz CT molecular complexity index is 1350. The summed E-state index contributed by atoms with van der Waals surface area (Å²) in [6.07, 6.45) is 4.65. The number of allylic oxidation sites excluding steroid dienone is 1. The van der Waals surface area contributed by atoms with E-state index in [0.29, 0.717) is 11.3 Å². The van der Waals surface area contributed by atoms with Crippen molar-refractivity contribution >= 4 is 11.9 Å². The van der Waals surface area contributed by atoms with Crippen LogP contribution in [0.1, 0.15) is 27.2 Å². The summed E-state index contributed by atoms with van der Waals surface area (Å²) in [6.45, 7) is 3.52. The van der Waals surface area contributed by atoms with Gasteiger partial charge < -0.3 is 9.52 Å². The average Bonchev–Trinajstić information content (AvgIpc) is 3.16. The second-order valence-electron chi connectivity index (χ2n) is 7.18. The van der Waals surface area contributed by atoms with E-state index in [4.69, 9.17) is 9.52 Å². The smallest absolute Gasteiger partial charge is 0.351 e. The molecule has 6 heteroatoms. The first-order valence-corrected chi connectivity index (χ1v) is 9.70. The average molecular weight is 412 g/mol. The Kier molecular flexibility index (Phi) is 5.37. The van der Waals surface area contributed by atoms with Crippen LogP contribution in [-0.4, -0.2) is 20.7 Å². The standard InChI is InChI=1S/C25H20N2O4/c1-16-7-6-8-18(13-16)24-19(15-27(26-24)20-9-4-3-5-10-20)11-12-21(28)23-22(29)14-17(2)31-25(23)30/h3-15,29H,1-2H3/b12-11+. The zero-order valence-corrected chi connectivity index (χ0v) is 17.1. The van der Waals surface area contributed by atoms with Gasteiger partial charge in [0.25, 0.3) is 0 Å². The molecule has 0 aliphatic carbocycles. The third-order valence-corrected chi connectivity index (χ3v) is 4.77. The number of hydrogen-bond donors (Lipinski definition) is 1. The van der Waals surface area contributed by atoms with Gasteiger partial charge in [0.1, 0.15) is 17.1 Å². The normalized spacial score (nSPS) is 11.2. The lowest BCUT2D eigenvalue weighted by Crippen LogP contribution is -2.12. The molecular formula is C25H20N2O4. The van der Waals surface area contributed by atoms with Gasteiger partial charge in [-0.25, -0.2) is 9.48 Å². The molecule has 4 rings (SSSR count). The molecule has 0 saturated carbocycles. The molecule has 0 radical (unpaired) electrons. The largest absolute Gasteiger partial charge is 0.507 e. The monoisotopic (exact) mass is 412 g/mol. The van der Waals surface area contributed by atoms with Gasteiger partial charge in [-0.1, -0.05) is 42.0 Å². The van der Waals surface area contributed by atoms with Gasteiger partial charge in [-0.15, -0.1) is 0 Å². The maximum Gasteiger partial charge on any atom is 0.351 e. The van der Waals surface area contributed by atoms with Crippen molar-refractivity contribution in [3.8, 4) is 22.7 Å². The summed E-state index contributed by atoms with van der Waals surface area (Å²) in [6, 6.07) is 18.8. The van der Waals surface area contributed by atoms with E-state index in [1.54, 1.807) is 10.8 Å². The van der Waals surface area contributed by atoms with Crippen LogP contribution in [0.3, 0.4) is 0 Å². The molecule has 2 aromatic heterocycles. The van der Waals surface area contributed by atoms with E-state index < -0.39 is 22.7 Å². The molecule has 0 spiro atoms. The Balaban J connectivity index is 1.77. The minimum absolute atomic E-state index is 0.230. The third kappa shape index (κ3) is 4.23. The highest BCUT2D eigenvalue weighted by atomic mass is 16.4. The lowest BCUT2D eigenvalue weighted by Gasteiger charge is -2.02. The van der Waals surface area contributed by atoms with Gasteiger partial charge in [0.2, 0.25) is 0 Å². The minimum Gasteiger partial charge on any atom is -0.507 e. The first-order valence-electron chi connectivity index (χ1n) is 9.70. The first kappa shape index (κ1) is 20.1. The van der Waals surface area contributed by atoms with E-state index in [9.17, 15) is 14.7 Å². The highest BCUT2D eigenvalue weighted by Gasteiger charge is 2.17. The second kappa shape index (κ2) is 8.28. The quantitative estimate of drug-likeness (QED) is 0.379. The Hall–Kier alpha value is -4.19.